The fraction of sp³-hybridized carbons (Fsp3) is 0.182. The maximum atomic E-state index is 12.5. The van der Waals surface area contributed by atoms with Crippen LogP contribution in [-0.4, -0.2) is 33.4 Å². The molecule has 0 radical (unpaired) electrons. The molecular weight excluding hydrogens is 366 g/mol. The molecule has 146 valence electrons. The highest BCUT2D eigenvalue weighted by molar-refractivity contribution is 5.95. The van der Waals surface area contributed by atoms with Gasteiger partial charge in [-0.3, -0.25) is 14.8 Å². The van der Waals surface area contributed by atoms with E-state index in [0.29, 0.717) is 30.9 Å². The van der Waals surface area contributed by atoms with Crippen molar-refractivity contribution in [2.45, 2.75) is 19.5 Å². The number of anilines is 1. The van der Waals surface area contributed by atoms with Gasteiger partial charge in [0.15, 0.2) is 0 Å². The number of carbonyl (C=O) groups excluding carboxylic acids is 2. The van der Waals surface area contributed by atoms with Crippen molar-refractivity contribution in [3.8, 4) is 0 Å². The van der Waals surface area contributed by atoms with Gasteiger partial charge in [0, 0.05) is 55.7 Å². The fourth-order valence-electron chi connectivity index (χ4n) is 3.24. The summed E-state index contributed by atoms with van der Waals surface area (Å²) in [5, 5.41) is 5.77. The van der Waals surface area contributed by atoms with Crippen molar-refractivity contribution in [2.24, 2.45) is 0 Å². The van der Waals surface area contributed by atoms with Gasteiger partial charge in [-0.2, -0.15) is 0 Å². The lowest BCUT2D eigenvalue weighted by Crippen LogP contribution is -2.30. The number of hydrogen-bond acceptors (Lipinski definition) is 4. The van der Waals surface area contributed by atoms with E-state index in [1.54, 1.807) is 54.0 Å². The molecule has 1 aliphatic heterocycles. The Morgan fingerprint density at radius 1 is 0.931 bits per heavy atom. The SMILES string of the molecule is O=C(NCCc1cccnc1)c1ccc(NC(=O)N2Cc3ccncc3C2)cc1. The Morgan fingerprint density at radius 2 is 1.72 bits per heavy atom. The largest absolute Gasteiger partial charge is 0.352 e. The van der Waals surface area contributed by atoms with Crippen molar-refractivity contribution < 1.29 is 9.59 Å². The summed E-state index contributed by atoms with van der Waals surface area (Å²) in [6, 6.07) is 12.5. The van der Waals surface area contributed by atoms with Crippen LogP contribution >= 0.6 is 0 Å². The maximum Gasteiger partial charge on any atom is 0.322 e. The number of urea groups is 1. The van der Waals surface area contributed by atoms with E-state index >= 15 is 0 Å². The monoisotopic (exact) mass is 387 g/mol. The number of pyridine rings is 2. The Kier molecular flexibility index (Phi) is 5.47. The minimum atomic E-state index is -0.171. The first-order valence-corrected chi connectivity index (χ1v) is 9.44. The Hall–Kier alpha value is -3.74. The van der Waals surface area contributed by atoms with Crippen LogP contribution < -0.4 is 10.6 Å². The Labute approximate surface area is 168 Å². The molecule has 29 heavy (non-hydrogen) atoms. The first-order valence-electron chi connectivity index (χ1n) is 9.44. The molecule has 7 heteroatoms. The normalized spacial score (nSPS) is 12.3. The molecule has 3 aromatic rings. The van der Waals surface area contributed by atoms with Crippen LogP contribution in [0.25, 0.3) is 0 Å². The smallest absolute Gasteiger partial charge is 0.322 e. The number of nitrogens with zero attached hydrogens (tertiary/aromatic N) is 3. The number of aromatic nitrogens is 2. The van der Waals surface area contributed by atoms with Gasteiger partial charge in [-0.15, -0.1) is 0 Å². The first kappa shape index (κ1) is 18.6. The molecule has 0 saturated heterocycles. The maximum absolute atomic E-state index is 12.5. The highest BCUT2D eigenvalue weighted by Gasteiger charge is 2.23. The summed E-state index contributed by atoms with van der Waals surface area (Å²) in [5.41, 5.74) is 4.46. The first-order chi connectivity index (χ1) is 14.2. The summed E-state index contributed by atoms with van der Waals surface area (Å²) in [4.78, 5) is 34.7. The van der Waals surface area contributed by atoms with E-state index in [4.69, 9.17) is 0 Å². The van der Waals surface area contributed by atoms with Gasteiger partial charge in [0.2, 0.25) is 0 Å². The molecule has 2 aromatic heterocycles. The fourth-order valence-corrected chi connectivity index (χ4v) is 3.24. The number of fused-ring (bicyclic) bond motifs is 1. The van der Waals surface area contributed by atoms with Crippen LogP contribution in [0.3, 0.4) is 0 Å². The number of nitrogens with one attached hydrogen (secondary N) is 2. The zero-order valence-corrected chi connectivity index (χ0v) is 15.8. The van der Waals surface area contributed by atoms with Crippen LogP contribution in [0.2, 0.25) is 0 Å². The molecule has 0 aliphatic carbocycles. The summed E-state index contributed by atoms with van der Waals surface area (Å²) in [5.74, 6) is -0.144. The molecule has 4 rings (SSSR count). The topological polar surface area (TPSA) is 87.2 Å². The van der Waals surface area contributed by atoms with E-state index in [9.17, 15) is 9.59 Å². The molecule has 1 aliphatic rings. The number of rotatable bonds is 5. The Bertz CT molecular complexity index is 980. The van der Waals surface area contributed by atoms with E-state index in [-0.39, 0.29) is 11.9 Å². The van der Waals surface area contributed by atoms with Crippen molar-refractivity contribution in [2.75, 3.05) is 11.9 Å². The van der Waals surface area contributed by atoms with Crippen molar-refractivity contribution >= 4 is 17.6 Å². The Morgan fingerprint density at radius 3 is 2.48 bits per heavy atom. The molecule has 3 amide bonds. The van der Waals surface area contributed by atoms with E-state index in [1.165, 1.54) is 0 Å². The number of benzene rings is 1. The van der Waals surface area contributed by atoms with Crippen LogP contribution in [0, 0.1) is 0 Å². The molecule has 7 nitrogen and oxygen atoms in total. The molecule has 0 fully saturated rings. The predicted molar refractivity (Wildman–Crippen MR) is 109 cm³/mol. The van der Waals surface area contributed by atoms with Crippen molar-refractivity contribution in [1.29, 1.82) is 0 Å². The minimum Gasteiger partial charge on any atom is -0.352 e. The van der Waals surface area contributed by atoms with Gasteiger partial charge in [-0.05, 0) is 59.5 Å². The van der Waals surface area contributed by atoms with E-state index in [0.717, 1.165) is 23.1 Å². The quantitative estimate of drug-likeness (QED) is 0.705. The Balaban J connectivity index is 1.27. The van der Waals surface area contributed by atoms with Crippen LogP contribution in [-0.2, 0) is 19.5 Å². The second kappa shape index (κ2) is 8.52. The molecule has 1 aromatic carbocycles. The zero-order valence-electron chi connectivity index (χ0n) is 15.8. The van der Waals surface area contributed by atoms with E-state index < -0.39 is 0 Å². The predicted octanol–water partition coefficient (Wildman–Crippen LogP) is 3.00. The summed E-state index contributed by atoms with van der Waals surface area (Å²) in [7, 11) is 0. The van der Waals surface area contributed by atoms with Crippen LogP contribution in [0.1, 0.15) is 27.0 Å². The number of carbonyl (C=O) groups is 2. The lowest BCUT2D eigenvalue weighted by atomic mass is 10.2. The third kappa shape index (κ3) is 4.57. The van der Waals surface area contributed by atoms with E-state index in [2.05, 4.69) is 20.6 Å². The highest BCUT2D eigenvalue weighted by Crippen LogP contribution is 2.22. The minimum absolute atomic E-state index is 0.144. The second-order valence-corrected chi connectivity index (χ2v) is 6.88. The lowest BCUT2D eigenvalue weighted by molar-refractivity contribution is 0.0954. The summed E-state index contributed by atoms with van der Waals surface area (Å²) in [6.07, 6.45) is 7.77. The molecule has 2 N–H and O–H groups in total. The van der Waals surface area contributed by atoms with Crippen LogP contribution in [0.5, 0.6) is 0 Å². The van der Waals surface area contributed by atoms with Gasteiger partial charge in [-0.1, -0.05) is 6.07 Å². The summed E-state index contributed by atoms with van der Waals surface area (Å²) in [6.45, 7) is 1.65. The summed E-state index contributed by atoms with van der Waals surface area (Å²) < 4.78 is 0. The van der Waals surface area contributed by atoms with Crippen molar-refractivity contribution in [1.82, 2.24) is 20.2 Å². The van der Waals surface area contributed by atoms with Gasteiger partial charge in [0.1, 0.15) is 0 Å². The van der Waals surface area contributed by atoms with Crippen molar-refractivity contribution in [3.05, 3.63) is 89.5 Å². The molecule has 0 spiro atoms. The molecule has 0 saturated carbocycles. The molecule has 0 unspecified atom stereocenters. The van der Waals surface area contributed by atoms with Gasteiger partial charge in [0.25, 0.3) is 5.91 Å². The number of amides is 3. The van der Waals surface area contributed by atoms with Gasteiger partial charge >= 0.3 is 6.03 Å². The van der Waals surface area contributed by atoms with Crippen LogP contribution in [0.15, 0.2) is 67.3 Å². The third-order valence-electron chi connectivity index (χ3n) is 4.83. The molecule has 3 heterocycles. The van der Waals surface area contributed by atoms with Crippen LogP contribution in [0.4, 0.5) is 10.5 Å². The van der Waals surface area contributed by atoms with Gasteiger partial charge in [0.05, 0.1) is 0 Å². The van der Waals surface area contributed by atoms with Gasteiger partial charge in [-0.25, -0.2) is 4.79 Å². The summed E-state index contributed by atoms with van der Waals surface area (Å²) >= 11 is 0. The second-order valence-electron chi connectivity index (χ2n) is 6.88. The highest BCUT2D eigenvalue weighted by atomic mass is 16.2. The van der Waals surface area contributed by atoms with Crippen molar-refractivity contribution in [3.63, 3.8) is 0 Å². The van der Waals surface area contributed by atoms with E-state index in [1.807, 2.05) is 18.2 Å². The molecule has 0 atom stereocenters. The lowest BCUT2D eigenvalue weighted by Gasteiger charge is -2.16. The molecule has 0 bridgehead atoms. The van der Waals surface area contributed by atoms with Gasteiger partial charge < -0.3 is 15.5 Å². The average Bonchev–Trinajstić information content (AvgIpc) is 3.19. The average molecular weight is 387 g/mol. The number of hydrogen-bond donors (Lipinski definition) is 2. The standard InChI is InChI=1S/C22H21N5O2/c28-21(25-11-7-16-2-1-9-23-12-16)17-3-5-20(6-4-17)26-22(29)27-14-18-8-10-24-13-19(18)15-27/h1-6,8-10,12-13H,7,11,14-15H2,(H,25,28)(H,26,29). The third-order valence-corrected chi connectivity index (χ3v) is 4.83. The zero-order chi connectivity index (χ0) is 20.1. The molecular formula is C22H21N5O2.